The van der Waals surface area contributed by atoms with Crippen molar-refractivity contribution in [2.45, 2.75) is 261 Å². The normalized spacial score (nSPS) is 25.7. The Hall–Kier alpha value is -2.54. The standard InChI is InChI=1S/C55H96O15/c1-3-5-7-9-11-13-15-17-18-19-20-21-22-23-24-26-27-29-31-33-35-37-46(57)65-40-43(68-47(58)38-36-34-32-30-28-25-16-14-12-10-8-6-4-2)41-66-54-53(64)51(62)49(60)45(70-54)42-67-55-52(63)50(61)48(59)44(39-56)69-55/h6,8,12,14,25,28,32,34,43-45,48-56,59-64H,3-5,7,9-11,13,15-24,26-27,29-31,33,35-42H2,1-2H3/b8-6-,14-12-,28-25-,34-32-. The van der Waals surface area contributed by atoms with E-state index in [9.17, 15) is 45.3 Å². The number of hydrogen-bond acceptors (Lipinski definition) is 15. The Balaban J connectivity index is 1.77. The lowest BCUT2D eigenvalue weighted by Crippen LogP contribution is -2.61. The van der Waals surface area contributed by atoms with Crippen LogP contribution in [0.1, 0.15) is 194 Å². The van der Waals surface area contributed by atoms with Gasteiger partial charge in [-0.3, -0.25) is 9.59 Å². The second-order valence-electron chi connectivity index (χ2n) is 19.0. The molecule has 70 heavy (non-hydrogen) atoms. The van der Waals surface area contributed by atoms with E-state index in [0.717, 1.165) is 38.5 Å². The Morgan fingerprint density at radius 2 is 0.900 bits per heavy atom. The molecule has 0 bridgehead atoms. The number of unbranched alkanes of at least 4 members (excludes halogenated alkanes) is 20. The molecule has 0 saturated carbocycles. The zero-order chi connectivity index (χ0) is 51.0. The lowest BCUT2D eigenvalue weighted by atomic mass is 9.98. The Bertz CT molecular complexity index is 1400. The predicted octanol–water partition coefficient (Wildman–Crippen LogP) is 8.27. The number of allylic oxidation sites excluding steroid dienone is 8. The largest absolute Gasteiger partial charge is 0.462 e. The van der Waals surface area contributed by atoms with Gasteiger partial charge in [0.2, 0.25) is 0 Å². The molecular formula is C55H96O15. The number of rotatable bonds is 42. The Labute approximate surface area is 420 Å². The van der Waals surface area contributed by atoms with Crippen LogP contribution in [0.3, 0.4) is 0 Å². The average molecular weight is 997 g/mol. The number of esters is 2. The molecule has 2 rings (SSSR count). The summed E-state index contributed by atoms with van der Waals surface area (Å²) < 4.78 is 33.5. The van der Waals surface area contributed by atoms with Gasteiger partial charge in [-0.05, 0) is 38.5 Å². The lowest BCUT2D eigenvalue weighted by molar-refractivity contribution is -0.332. The fourth-order valence-corrected chi connectivity index (χ4v) is 8.41. The Morgan fingerprint density at radius 1 is 0.471 bits per heavy atom. The van der Waals surface area contributed by atoms with Crippen molar-refractivity contribution in [3.05, 3.63) is 48.6 Å². The highest BCUT2D eigenvalue weighted by Crippen LogP contribution is 2.26. The van der Waals surface area contributed by atoms with Crippen LogP contribution >= 0.6 is 0 Å². The number of hydrogen-bond donors (Lipinski definition) is 7. The summed E-state index contributed by atoms with van der Waals surface area (Å²) in [6.45, 7) is 2.41. The maximum atomic E-state index is 13.0. The van der Waals surface area contributed by atoms with E-state index in [1.54, 1.807) is 0 Å². The number of aliphatic hydroxyl groups excluding tert-OH is 7. The molecule has 2 saturated heterocycles. The molecule has 0 amide bonds. The molecule has 0 spiro atoms. The van der Waals surface area contributed by atoms with E-state index in [0.29, 0.717) is 19.3 Å². The van der Waals surface area contributed by atoms with E-state index >= 15 is 0 Å². The number of ether oxygens (including phenoxy) is 6. The molecule has 2 aliphatic heterocycles. The molecule has 11 atom stereocenters. The van der Waals surface area contributed by atoms with Crippen molar-refractivity contribution < 1.29 is 73.8 Å². The highest BCUT2D eigenvalue weighted by atomic mass is 16.7. The first kappa shape index (κ1) is 63.6. The minimum Gasteiger partial charge on any atom is -0.462 e. The van der Waals surface area contributed by atoms with Crippen LogP contribution in [0.25, 0.3) is 0 Å². The lowest BCUT2D eigenvalue weighted by Gasteiger charge is -2.42. The first-order chi connectivity index (χ1) is 34.0. The van der Waals surface area contributed by atoms with Crippen LogP contribution in [0, 0.1) is 0 Å². The quantitative estimate of drug-likeness (QED) is 0.0173. The maximum Gasteiger partial charge on any atom is 0.306 e. The second kappa shape index (κ2) is 41.9. The molecule has 15 heteroatoms. The molecule has 0 radical (unpaired) electrons. The fraction of sp³-hybridized carbons (Fsp3) is 0.818. The van der Waals surface area contributed by atoms with Crippen molar-refractivity contribution in [1.29, 1.82) is 0 Å². The van der Waals surface area contributed by atoms with Gasteiger partial charge in [-0.2, -0.15) is 0 Å². The average Bonchev–Trinajstić information content (AvgIpc) is 3.35. The van der Waals surface area contributed by atoms with E-state index in [-0.39, 0.29) is 19.4 Å². The summed E-state index contributed by atoms with van der Waals surface area (Å²) in [4.78, 5) is 25.7. The molecule has 2 aliphatic rings. The summed E-state index contributed by atoms with van der Waals surface area (Å²) >= 11 is 0. The Kier molecular flexibility index (Phi) is 38.0. The number of carbonyl (C=O) groups is 2. The van der Waals surface area contributed by atoms with Gasteiger partial charge in [-0.15, -0.1) is 0 Å². The molecule has 11 unspecified atom stereocenters. The van der Waals surface area contributed by atoms with Crippen molar-refractivity contribution in [2.75, 3.05) is 26.4 Å². The second-order valence-corrected chi connectivity index (χ2v) is 19.0. The van der Waals surface area contributed by atoms with Crippen molar-refractivity contribution >= 4 is 11.9 Å². The van der Waals surface area contributed by atoms with E-state index in [2.05, 4.69) is 50.3 Å². The molecule has 0 aromatic rings. The SMILES string of the molecule is CC/C=C\C/C=C\C/C=C\C/C=C\CCC(=O)OC(COC(=O)CCCCCCCCCCCCCCCCCCCCCCC)COC1OC(COC2OC(CO)C(O)C(O)C2O)C(O)C(O)C1O. The minimum atomic E-state index is -1.78. The van der Waals surface area contributed by atoms with E-state index in [1.165, 1.54) is 109 Å². The van der Waals surface area contributed by atoms with Crippen LogP contribution in [0.5, 0.6) is 0 Å². The van der Waals surface area contributed by atoms with Gasteiger partial charge in [0.15, 0.2) is 18.7 Å². The van der Waals surface area contributed by atoms with Gasteiger partial charge in [0, 0.05) is 12.8 Å². The first-order valence-corrected chi connectivity index (χ1v) is 27.2. The van der Waals surface area contributed by atoms with Gasteiger partial charge in [0.25, 0.3) is 0 Å². The summed E-state index contributed by atoms with van der Waals surface area (Å²) in [5, 5.41) is 72.1. The van der Waals surface area contributed by atoms with Crippen LogP contribution in [-0.4, -0.2) is 142 Å². The van der Waals surface area contributed by atoms with Crippen LogP contribution in [0.15, 0.2) is 48.6 Å². The number of carbonyl (C=O) groups excluding carboxylic acids is 2. The summed E-state index contributed by atoms with van der Waals surface area (Å²) in [5.74, 6) is -1.01. The summed E-state index contributed by atoms with van der Waals surface area (Å²) in [7, 11) is 0. The molecule has 2 heterocycles. The van der Waals surface area contributed by atoms with Gasteiger partial charge < -0.3 is 64.2 Å². The molecule has 0 aliphatic carbocycles. The minimum absolute atomic E-state index is 0.0446. The van der Waals surface area contributed by atoms with Gasteiger partial charge in [-0.25, -0.2) is 0 Å². The van der Waals surface area contributed by atoms with Gasteiger partial charge in [0.05, 0.1) is 19.8 Å². The smallest absolute Gasteiger partial charge is 0.306 e. The topological polar surface area (TPSA) is 231 Å². The zero-order valence-corrected chi connectivity index (χ0v) is 43.0. The highest BCUT2D eigenvalue weighted by Gasteiger charge is 2.47. The predicted molar refractivity (Wildman–Crippen MR) is 270 cm³/mol. The maximum absolute atomic E-state index is 13.0. The molecule has 406 valence electrons. The van der Waals surface area contributed by atoms with Crippen LogP contribution in [-0.2, 0) is 38.0 Å². The van der Waals surface area contributed by atoms with Gasteiger partial charge in [-0.1, -0.05) is 191 Å². The summed E-state index contributed by atoms with van der Waals surface area (Å²) in [5.41, 5.74) is 0. The van der Waals surface area contributed by atoms with E-state index in [4.69, 9.17) is 28.4 Å². The van der Waals surface area contributed by atoms with Crippen LogP contribution < -0.4 is 0 Å². The summed E-state index contributed by atoms with van der Waals surface area (Å²) in [6.07, 6.45) is 30.3. The number of aliphatic hydroxyl groups is 7. The third-order valence-corrected chi connectivity index (χ3v) is 12.8. The molecular weight excluding hydrogens is 901 g/mol. The third-order valence-electron chi connectivity index (χ3n) is 12.8. The van der Waals surface area contributed by atoms with Gasteiger partial charge in [0.1, 0.15) is 55.4 Å². The van der Waals surface area contributed by atoms with Crippen molar-refractivity contribution in [3.8, 4) is 0 Å². The van der Waals surface area contributed by atoms with Crippen molar-refractivity contribution in [3.63, 3.8) is 0 Å². The zero-order valence-electron chi connectivity index (χ0n) is 43.0. The van der Waals surface area contributed by atoms with Gasteiger partial charge >= 0.3 is 11.9 Å². The Morgan fingerprint density at radius 3 is 1.39 bits per heavy atom. The monoisotopic (exact) mass is 997 g/mol. The molecule has 15 nitrogen and oxygen atoms in total. The molecule has 2 fully saturated rings. The highest BCUT2D eigenvalue weighted by molar-refractivity contribution is 5.70. The third kappa shape index (κ3) is 29.2. The van der Waals surface area contributed by atoms with Crippen LogP contribution in [0.2, 0.25) is 0 Å². The van der Waals surface area contributed by atoms with E-state index in [1.807, 2.05) is 12.2 Å². The molecule has 7 N–H and O–H groups in total. The van der Waals surface area contributed by atoms with Crippen molar-refractivity contribution in [1.82, 2.24) is 0 Å². The fourth-order valence-electron chi connectivity index (χ4n) is 8.41. The van der Waals surface area contributed by atoms with E-state index < -0.39 is 99.3 Å². The first-order valence-electron chi connectivity index (χ1n) is 27.2. The molecule has 0 aromatic carbocycles. The van der Waals surface area contributed by atoms with Crippen LogP contribution in [0.4, 0.5) is 0 Å². The summed E-state index contributed by atoms with van der Waals surface area (Å²) in [6, 6.07) is 0. The van der Waals surface area contributed by atoms with Crippen molar-refractivity contribution in [2.24, 2.45) is 0 Å². The molecule has 0 aromatic heterocycles.